The van der Waals surface area contributed by atoms with E-state index in [2.05, 4.69) is 31.7 Å². The quantitative estimate of drug-likeness (QED) is 0.368. The lowest BCUT2D eigenvalue weighted by Crippen LogP contribution is -2.22. The average Bonchev–Trinajstić information content (AvgIpc) is 2.96. The van der Waals surface area contributed by atoms with Crippen LogP contribution in [0.15, 0.2) is 53.1 Å². The van der Waals surface area contributed by atoms with E-state index in [0.717, 1.165) is 11.6 Å². The second kappa shape index (κ2) is 8.91. The van der Waals surface area contributed by atoms with Crippen molar-refractivity contribution < 1.29 is 13.2 Å². The highest BCUT2D eigenvalue weighted by Gasteiger charge is 2.33. The van der Waals surface area contributed by atoms with Crippen LogP contribution in [0.4, 0.5) is 24.7 Å². The molecule has 1 aromatic heterocycles. The highest BCUT2D eigenvalue weighted by molar-refractivity contribution is 9.10. The molecule has 3 aromatic rings. The summed E-state index contributed by atoms with van der Waals surface area (Å²) in [6.45, 7) is 0.368. The van der Waals surface area contributed by atoms with E-state index in [4.69, 9.17) is 35.4 Å². The van der Waals surface area contributed by atoms with Gasteiger partial charge in [-0.25, -0.2) is 0 Å². The van der Waals surface area contributed by atoms with Crippen LogP contribution in [0.1, 0.15) is 11.1 Å². The smallest absolute Gasteiger partial charge is 0.332 e. The molecule has 0 aliphatic rings. The Morgan fingerprint density at radius 1 is 1.14 bits per heavy atom. The highest BCUT2D eigenvalue weighted by atomic mass is 79.9. The summed E-state index contributed by atoms with van der Waals surface area (Å²) >= 11 is 20.6. The number of halogens is 6. The number of nitrogens with one attached hydrogen (secondary N) is 2. The average molecular weight is 524 g/mol. The maximum Gasteiger partial charge on any atom is 0.418 e. The van der Waals surface area contributed by atoms with Gasteiger partial charge in [-0.15, -0.1) is 0 Å². The monoisotopic (exact) mass is 522 g/mol. The van der Waals surface area contributed by atoms with E-state index in [1.165, 1.54) is 18.2 Å². The number of hydrogen-bond acceptors (Lipinski definition) is 2. The van der Waals surface area contributed by atoms with Gasteiger partial charge in [-0.3, -0.25) is 4.68 Å². The fraction of sp³-hybridized carbons (Fsp3) is 0.111. The van der Waals surface area contributed by atoms with Crippen molar-refractivity contribution in [2.24, 2.45) is 0 Å². The van der Waals surface area contributed by atoms with E-state index < -0.39 is 11.7 Å². The Hall–Kier alpha value is -1.81. The van der Waals surface area contributed by atoms with Gasteiger partial charge in [0.25, 0.3) is 0 Å². The number of alkyl halides is 3. The Morgan fingerprint density at radius 2 is 1.86 bits per heavy atom. The van der Waals surface area contributed by atoms with Gasteiger partial charge in [-0.2, -0.15) is 18.3 Å². The Balaban J connectivity index is 1.72. The SMILES string of the molecule is FC(F)(F)c1ccccc1NC(=S)Nc1nn(Cc2ccc(Cl)cc2Cl)cc1Br. The summed E-state index contributed by atoms with van der Waals surface area (Å²) < 4.78 is 41.5. The summed E-state index contributed by atoms with van der Waals surface area (Å²) in [4.78, 5) is 0. The maximum atomic E-state index is 13.1. The van der Waals surface area contributed by atoms with Crippen molar-refractivity contribution in [3.05, 3.63) is 74.3 Å². The maximum absolute atomic E-state index is 13.1. The van der Waals surface area contributed by atoms with Crippen molar-refractivity contribution in [3.8, 4) is 0 Å². The van der Waals surface area contributed by atoms with Gasteiger partial charge in [-0.1, -0.05) is 41.4 Å². The van der Waals surface area contributed by atoms with Crippen LogP contribution in [0, 0.1) is 0 Å². The van der Waals surface area contributed by atoms with Crippen molar-refractivity contribution in [2.75, 3.05) is 10.6 Å². The van der Waals surface area contributed by atoms with E-state index in [-0.39, 0.29) is 10.8 Å². The van der Waals surface area contributed by atoms with Gasteiger partial charge in [0.15, 0.2) is 10.9 Å². The third-order valence-corrected chi connectivity index (χ3v) is 5.15. The molecule has 0 fully saturated rings. The molecule has 0 bridgehead atoms. The van der Waals surface area contributed by atoms with Crippen LogP contribution in [0.2, 0.25) is 10.0 Å². The topological polar surface area (TPSA) is 41.9 Å². The van der Waals surface area contributed by atoms with Crippen LogP contribution in [-0.2, 0) is 12.7 Å². The number of rotatable bonds is 4. The lowest BCUT2D eigenvalue weighted by molar-refractivity contribution is -0.136. The van der Waals surface area contributed by atoms with Crippen molar-refractivity contribution in [3.63, 3.8) is 0 Å². The van der Waals surface area contributed by atoms with Gasteiger partial charge >= 0.3 is 6.18 Å². The minimum atomic E-state index is -4.50. The zero-order chi connectivity index (χ0) is 21.2. The minimum absolute atomic E-state index is 0.0304. The lowest BCUT2D eigenvalue weighted by Gasteiger charge is -2.15. The molecular weight excluding hydrogens is 512 g/mol. The van der Waals surface area contributed by atoms with E-state index in [1.54, 1.807) is 29.1 Å². The molecule has 0 unspecified atom stereocenters. The molecule has 0 aliphatic carbocycles. The van der Waals surface area contributed by atoms with Crippen molar-refractivity contribution in [1.29, 1.82) is 0 Å². The predicted molar refractivity (Wildman–Crippen MR) is 117 cm³/mol. The largest absolute Gasteiger partial charge is 0.418 e. The number of para-hydroxylation sites is 1. The Morgan fingerprint density at radius 3 is 2.55 bits per heavy atom. The van der Waals surface area contributed by atoms with E-state index in [1.807, 2.05) is 0 Å². The molecule has 0 saturated carbocycles. The molecule has 0 atom stereocenters. The second-order valence-corrected chi connectivity index (χ2v) is 7.99. The molecular formula is C18H12BrCl2F3N4S. The third-order valence-electron chi connectivity index (χ3n) is 3.78. The Kier molecular flexibility index (Phi) is 6.72. The molecule has 152 valence electrons. The first-order valence-electron chi connectivity index (χ1n) is 8.04. The highest BCUT2D eigenvalue weighted by Crippen LogP contribution is 2.34. The van der Waals surface area contributed by atoms with Crippen molar-refractivity contribution in [1.82, 2.24) is 9.78 Å². The first-order valence-corrected chi connectivity index (χ1v) is 10.0. The number of thiocarbonyl (C=S) groups is 1. The molecule has 11 heteroatoms. The summed E-state index contributed by atoms with van der Waals surface area (Å²) in [6.07, 6.45) is -2.81. The van der Waals surface area contributed by atoms with Gasteiger partial charge < -0.3 is 10.6 Å². The van der Waals surface area contributed by atoms with Gasteiger partial charge in [0.05, 0.1) is 22.3 Å². The first-order chi connectivity index (χ1) is 13.6. The molecule has 1 heterocycles. The summed E-state index contributed by atoms with van der Waals surface area (Å²) in [7, 11) is 0. The number of benzene rings is 2. The molecule has 4 nitrogen and oxygen atoms in total. The molecule has 2 N–H and O–H groups in total. The summed E-state index contributed by atoms with van der Waals surface area (Å²) in [6, 6.07) is 10.2. The Labute approximate surface area is 188 Å². The standard InChI is InChI=1S/C18H12BrCl2F3N4S/c19-13-9-28(8-10-5-6-11(20)7-14(10)21)27-16(13)26-17(29)25-15-4-2-1-3-12(15)18(22,23)24/h1-7,9H,8H2,(H2,25,26,27,29). The third kappa shape index (κ3) is 5.63. The minimum Gasteiger partial charge on any atom is -0.332 e. The van der Waals surface area contributed by atoms with Crippen molar-refractivity contribution in [2.45, 2.75) is 12.7 Å². The molecule has 3 rings (SSSR count). The number of nitrogens with zero attached hydrogens (tertiary/aromatic N) is 2. The normalized spacial score (nSPS) is 11.4. The molecule has 0 aliphatic heterocycles. The van der Waals surface area contributed by atoms with Crippen LogP contribution in [0.25, 0.3) is 0 Å². The van der Waals surface area contributed by atoms with Crippen LogP contribution in [0.5, 0.6) is 0 Å². The van der Waals surface area contributed by atoms with Gasteiger partial charge in [0.1, 0.15) is 0 Å². The first kappa shape index (κ1) is 21.9. The molecule has 0 saturated heterocycles. The summed E-state index contributed by atoms with van der Waals surface area (Å²) in [5.74, 6) is 0.345. The van der Waals surface area contributed by atoms with Crippen molar-refractivity contribution >= 4 is 68.0 Å². The number of hydrogen-bond donors (Lipinski definition) is 2. The van der Waals surface area contributed by atoms with Crippen LogP contribution < -0.4 is 10.6 Å². The van der Waals surface area contributed by atoms with E-state index in [9.17, 15) is 13.2 Å². The second-order valence-electron chi connectivity index (χ2n) is 5.88. The summed E-state index contributed by atoms with van der Waals surface area (Å²) in [5.41, 5.74) is -0.162. The fourth-order valence-corrected chi connectivity index (χ4v) is 3.58. The lowest BCUT2D eigenvalue weighted by atomic mass is 10.2. The van der Waals surface area contributed by atoms with Crippen LogP contribution >= 0.6 is 51.3 Å². The molecule has 0 amide bonds. The van der Waals surface area contributed by atoms with Gasteiger partial charge in [-0.05, 0) is 58.0 Å². The molecule has 0 spiro atoms. The molecule has 2 aromatic carbocycles. The van der Waals surface area contributed by atoms with Gasteiger partial charge in [0.2, 0.25) is 0 Å². The zero-order valence-corrected chi connectivity index (χ0v) is 18.3. The van der Waals surface area contributed by atoms with E-state index in [0.29, 0.717) is 26.9 Å². The van der Waals surface area contributed by atoms with Gasteiger partial charge in [0, 0.05) is 16.2 Å². The number of anilines is 2. The molecule has 0 radical (unpaired) electrons. The predicted octanol–water partition coefficient (Wildman–Crippen LogP) is 6.83. The van der Waals surface area contributed by atoms with E-state index >= 15 is 0 Å². The van der Waals surface area contributed by atoms with Crippen LogP contribution in [-0.4, -0.2) is 14.9 Å². The number of aromatic nitrogens is 2. The zero-order valence-electron chi connectivity index (χ0n) is 14.4. The van der Waals surface area contributed by atoms with Crippen LogP contribution in [0.3, 0.4) is 0 Å². The molecule has 29 heavy (non-hydrogen) atoms. The Bertz CT molecular complexity index is 1060. The fourth-order valence-electron chi connectivity index (χ4n) is 2.49. The summed E-state index contributed by atoms with van der Waals surface area (Å²) in [5, 5.41) is 10.7.